The zero-order valence-electron chi connectivity index (χ0n) is 72.0. The molecule has 0 saturated carbocycles. The number of benzene rings is 4. The number of carbonyl (C=O) groups is 2. The quantitative estimate of drug-likeness (QED) is 0.0146. The normalized spacial score (nSPS) is 11.5. The fourth-order valence-corrected chi connectivity index (χ4v) is 14.5. The minimum Gasteiger partial charge on any atom is -0.869 e. The number of hydrogen-bond donors (Lipinski definition) is 4. The molecule has 0 amide bonds. The number of phenolic OH excluding ortho intramolecular Hbond substituents is 2. The Hall–Kier alpha value is -5.85. The number of unbranched alkanes of at least 4 members (excludes halogenated alkanes) is 46. The minimum absolute atomic E-state index is 0. The molecule has 0 saturated heterocycles. The zero-order chi connectivity index (χ0) is 80.1. The molecule has 0 spiro atoms. The molecule has 4 N–H and O–H groups in total. The van der Waals surface area contributed by atoms with Gasteiger partial charge < -0.3 is 30.6 Å². The van der Waals surface area contributed by atoms with E-state index < -0.39 is 34.9 Å². The average Bonchev–Trinajstić information content (AvgIpc) is 0.909. The van der Waals surface area contributed by atoms with E-state index in [2.05, 4.69) is 102 Å². The predicted molar refractivity (Wildman–Crippen MR) is 470 cm³/mol. The third kappa shape index (κ3) is 50.9. The summed E-state index contributed by atoms with van der Waals surface area (Å²) in [5.41, 5.74) is 10.1. The number of aryl methyl sites for hydroxylation is 6. The number of aromatic hydroxyl groups is 2. The van der Waals surface area contributed by atoms with E-state index >= 15 is 0 Å². The number of nitrogens with zero attached hydrogens (tertiary/aromatic N) is 2. The molecular weight excluding hydrogens is 1420 g/mol. The molecule has 0 aromatic heterocycles. The number of rotatable bonds is 65. The Morgan fingerprint density at radius 1 is 0.333 bits per heavy atom. The van der Waals surface area contributed by atoms with Crippen molar-refractivity contribution in [3.63, 3.8) is 0 Å². The summed E-state index contributed by atoms with van der Waals surface area (Å²) in [4.78, 5) is 32.7. The van der Waals surface area contributed by atoms with Crippen molar-refractivity contribution in [2.75, 3.05) is 0 Å². The Morgan fingerprint density at radius 2 is 0.595 bits per heavy atom. The second-order valence-corrected chi connectivity index (χ2v) is 31.7. The number of aromatic carboxylic acids is 2. The maximum Gasteiger partial charge on any atom is 2.00 e. The molecular formula is C100H160N2NiO8. The van der Waals surface area contributed by atoms with Crippen molar-refractivity contribution in [1.82, 2.24) is 0 Å². The van der Waals surface area contributed by atoms with Crippen LogP contribution in [0.15, 0.2) is 82.8 Å². The van der Waals surface area contributed by atoms with Crippen LogP contribution in [0.5, 0.6) is 23.0 Å². The third-order valence-electron chi connectivity index (χ3n) is 21.6. The van der Waals surface area contributed by atoms with Gasteiger partial charge >= 0.3 is 28.4 Å². The van der Waals surface area contributed by atoms with Crippen LogP contribution in [0.3, 0.4) is 0 Å². The van der Waals surface area contributed by atoms with Crippen LogP contribution in [0.1, 0.15) is 456 Å². The standard InChI is InChI=1S/C78H134N2.2C11H14O4.Ni/c1-7-13-19-21-23-25-27-29-31-33-35-37-38-40-42-44-46-48-50-52-54-56-58-64-78(80-76-68-66-72(60-16-10-4)74(70-76)62-18-12-6)77(79-75-67-65-71(59-15-9-3)73(69-75)61-17-11-5)63-57-55-53-51-49-47-45-43-41-39-36-34-32-30-28-26-24-22-20-14-8-2;2*1-2-3-4-7-5-6-8(12)10(13)9(7)11(14)15;/h57,63,65-70H,7-56,59-62H2,1-6H3;2*5-6,12-13H,2-4H2,1H3,(H,14,15);/q;;;+2/p-2. The van der Waals surface area contributed by atoms with Crippen molar-refractivity contribution in [2.45, 2.75) is 441 Å². The summed E-state index contributed by atoms with van der Waals surface area (Å²) >= 11 is 0. The Morgan fingerprint density at radius 3 is 0.901 bits per heavy atom. The largest absolute Gasteiger partial charge is 2.00 e. The van der Waals surface area contributed by atoms with E-state index in [0.717, 1.165) is 93.4 Å². The molecule has 111 heavy (non-hydrogen) atoms. The van der Waals surface area contributed by atoms with Crippen LogP contribution in [-0.2, 0) is 55.0 Å². The van der Waals surface area contributed by atoms with Crippen molar-refractivity contribution >= 4 is 34.7 Å². The summed E-state index contributed by atoms with van der Waals surface area (Å²) in [6, 6.07) is 19.5. The number of aliphatic imine (C=N–C) groups is 2. The topological polar surface area (TPSA) is 186 Å². The van der Waals surface area contributed by atoms with Gasteiger partial charge in [0.05, 0.1) is 28.2 Å². The van der Waals surface area contributed by atoms with Gasteiger partial charge in [0.1, 0.15) is 17.2 Å². The Labute approximate surface area is 690 Å². The molecule has 0 bridgehead atoms. The van der Waals surface area contributed by atoms with E-state index in [-0.39, 0.29) is 27.6 Å². The second kappa shape index (κ2) is 71.9. The molecule has 4 rings (SSSR count). The van der Waals surface area contributed by atoms with E-state index in [1.807, 2.05) is 13.8 Å². The number of allylic oxidation sites excluding steroid dienone is 2. The molecule has 11 heteroatoms. The number of carboxylic acid groups (broad SMARTS) is 2. The van der Waals surface area contributed by atoms with Crippen LogP contribution >= 0.6 is 0 Å². The van der Waals surface area contributed by atoms with Gasteiger partial charge in [-0.3, -0.25) is 0 Å². The van der Waals surface area contributed by atoms with Crippen molar-refractivity contribution in [2.24, 2.45) is 9.98 Å². The number of hydrogen-bond acceptors (Lipinski definition) is 8. The molecule has 4 aromatic rings. The number of carboxylic acids is 2. The van der Waals surface area contributed by atoms with Crippen LogP contribution in [0.4, 0.5) is 11.4 Å². The summed E-state index contributed by atoms with van der Waals surface area (Å²) in [6.45, 7) is 17.8. The first-order valence-electron chi connectivity index (χ1n) is 45.8. The summed E-state index contributed by atoms with van der Waals surface area (Å²) < 4.78 is 0. The van der Waals surface area contributed by atoms with Gasteiger partial charge in [-0.05, 0) is 178 Å². The fourth-order valence-electron chi connectivity index (χ4n) is 14.5. The zero-order valence-corrected chi connectivity index (χ0v) is 73.0. The van der Waals surface area contributed by atoms with Crippen LogP contribution < -0.4 is 10.2 Å². The van der Waals surface area contributed by atoms with E-state index in [4.69, 9.17) is 30.4 Å². The van der Waals surface area contributed by atoms with Crippen LogP contribution in [-0.4, -0.2) is 43.8 Å². The first-order valence-corrected chi connectivity index (χ1v) is 45.8. The van der Waals surface area contributed by atoms with Crippen molar-refractivity contribution in [3.05, 3.63) is 117 Å². The third-order valence-corrected chi connectivity index (χ3v) is 21.6. The van der Waals surface area contributed by atoms with E-state index in [1.165, 1.54) is 348 Å². The number of phenols is 2. The van der Waals surface area contributed by atoms with Crippen LogP contribution in [0.25, 0.3) is 0 Å². The van der Waals surface area contributed by atoms with Gasteiger partial charge in [0.15, 0.2) is 0 Å². The van der Waals surface area contributed by atoms with Gasteiger partial charge in [0.2, 0.25) is 0 Å². The molecule has 628 valence electrons. The molecule has 0 unspecified atom stereocenters. The molecule has 0 fully saturated rings. The Bertz CT molecular complexity index is 3060. The summed E-state index contributed by atoms with van der Waals surface area (Å²) in [5.74, 6) is 2.19. The first-order chi connectivity index (χ1) is 53.7. The fraction of sp³-hybridized carbons (Fsp3) is 0.680. The van der Waals surface area contributed by atoms with Gasteiger partial charge in [-0.15, -0.1) is 0 Å². The average molecular weight is 1580 g/mol. The summed E-state index contributed by atoms with van der Waals surface area (Å²) in [7, 11) is 0. The molecule has 0 aliphatic rings. The summed E-state index contributed by atoms with van der Waals surface area (Å²) in [5, 5.41) is 58.7. The van der Waals surface area contributed by atoms with E-state index in [9.17, 15) is 19.8 Å². The second-order valence-electron chi connectivity index (χ2n) is 31.7. The SMILES string of the molecule is CCCCCCCCCCCCCCCCCCCCCC=CC(=Nc1ccc(CCCC)c(CCCC)c1)C(C#CCCCCCCCCCCCCCCCCCCCCCCC)=Nc1ccc(CCCC)c(CCCC)c1.CCCCc1ccc(O)c([O-])c1C(=O)O.CCCCc1ccc(O)c([O-])c1C(=O)O.[Ni+2]. The monoisotopic (exact) mass is 1580 g/mol. The smallest absolute Gasteiger partial charge is 0.869 e. The Kier molecular flexibility index (Phi) is 66.8. The van der Waals surface area contributed by atoms with Gasteiger partial charge in [-0.2, -0.15) is 0 Å². The van der Waals surface area contributed by atoms with Gasteiger partial charge in [-0.25, -0.2) is 19.6 Å². The van der Waals surface area contributed by atoms with Gasteiger partial charge in [0, 0.05) is 6.42 Å². The first kappa shape index (κ1) is 103. The maximum atomic E-state index is 11.4. The minimum atomic E-state index is -1.28. The van der Waals surface area contributed by atoms with Crippen molar-refractivity contribution < 1.29 is 56.7 Å². The molecule has 10 nitrogen and oxygen atoms in total. The molecule has 4 aromatic carbocycles. The van der Waals surface area contributed by atoms with Crippen LogP contribution in [0.2, 0.25) is 0 Å². The molecule has 0 radical (unpaired) electrons. The molecule has 0 aliphatic heterocycles. The van der Waals surface area contributed by atoms with E-state index in [1.54, 1.807) is 0 Å². The maximum absolute atomic E-state index is 11.4. The Balaban J connectivity index is 0.00000162. The molecule has 0 aliphatic carbocycles. The van der Waals surface area contributed by atoms with Crippen molar-refractivity contribution in [3.8, 4) is 34.8 Å². The summed E-state index contributed by atoms with van der Waals surface area (Å²) in [6.07, 6.45) is 82.0. The van der Waals surface area contributed by atoms with Gasteiger partial charge in [0.25, 0.3) is 0 Å². The van der Waals surface area contributed by atoms with E-state index in [0.29, 0.717) is 24.0 Å². The molecule has 0 atom stereocenters. The predicted octanol–water partition coefficient (Wildman–Crippen LogP) is 29.9. The van der Waals surface area contributed by atoms with Crippen LogP contribution in [0, 0.1) is 11.8 Å². The molecule has 0 heterocycles. The van der Waals surface area contributed by atoms with Gasteiger partial charge in [-0.1, -0.05) is 386 Å². The van der Waals surface area contributed by atoms with Crippen molar-refractivity contribution in [1.29, 1.82) is 0 Å².